The lowest BCUT2D eigenvalue weighted by Gasteiger charge is -2.35. The standard InChI is InChI=1S/C18H27NO2/c1-13(2)18(10-6-4-5-7-11-18)17(21)19-15-9-8-14(3)16(20)12-15/h8-9,12-13,20H,4-7,10-11H2,1-3H3,(H,19,21). The number of hydrogen-bond acceptors (Lipinski definition) is 2. The van der Waals surface area contributed by atoms with Crippen molar-refractivity contribution in [1.29, 1.82) is 0 Å². The van der Waals surface area contributed by atoms with Crippen LogP contribution >= 0.6 is 0 Å². The van der Waals surface area contributed by atoms with Crippen LogP contribution in [0.5, 0.6) is 5.75 Å². The molecule has 2 rings (SSSR count). The number of carbonyl (C=O) groups excluding carboxylic acids is 1. The van der Waals surface area contributed by atoms with Crippen LogP contribution in [0, 0.1) is 18.3 Å². The predicted octanol–water partition coefficient (Wildman–Crippen LogP) is 4.64. The van der Waals surface area contributed by atoms with E-state index in [-0.39, 0.29) is 17.1 Å². The molecule has 1 saturated carbocycles. The van der Waals surface area contributed by atoms with E-state index in [1.807, 2.05) is 19.1 Å². The minimum Gasteiger partial charge on any atom is -0.508 e. The van der Waals surface area contributed by atoms with Gasteiger partial charge < -0.3 is 10.4 Å². The van der Waals surface area contributed by atoms with Gasteiger partial charge in [0.05, 0.1) is 5.41 Å². The number of hydrogen-bond donors (Lipinski definition) is 2. The normalized spacial score (nSPS) is 18.3. The van der Waals surface area contributed by atoms with Crippen molar-refractivity contribution in [2.45, 2.75) is 59.3 Å². The Bertz CT molecular complexity index is 500. The van der Waals surface area contributed by atoms with Crippen molar-refractivity contribution in [3.05, 3.63) is 23.8 Å². The minimum atomic E-state index is -0.267. The lowest BCUT2D eigenvalue weighted by Crippen LogP contribution is -2.40. The van der Waals surface area contributed by atoms with Crippen molar-refractivity contribution in [3.63, 3.8) is 0 Å². The highest BCUT2D eigenvalue weighted by Crippen LogP contribution is 2.42. The Morgan fingerprint density at radius 1 is 1.19 bits per heavy atom. The number of aryl methyl sites for hydroxylation is 1. The summed E-state index contributed by atoms with van der Waals surface area (Å²) in [6, 6.07) is 5.33. The molecule has 0 aliphatic heterocycles. The van der Waals surface area contributed by atoms with Gasteiger partial charge in [0.25, 0.3) is 0 Å². The third-order valence-corrected chi connectivity index (χ3v) is 5.02. The molecule has 0 bridgehead atoms. The molecule has 1 aliphatic carbocycles. The fourth-order valence-electron chi connectivity index (χ4n) is 3.37. The molecule has 1 aromatic carbocycles. The average Bonchev–Trinajstić information content (AvgIpc) is 2.69. The number of nitrogens with one attached hydrogen (secondary N) is 1. The van der Waals surface area contributed by atoms with Crippen molar-refractivity contribution >= 4 is 11.6 Å². The Morgan fingerprint density at radius 3 is 2.33 bits per heavy atom. The molecule has 0 saturated heterocycles. The molecule has 116 valence electrons. The molecule has 0 atom stereocenters. The van der Waals surface area contributed by atoms with Crippen LogP contribution in [0.2, 0.25) is 0 Å². The third-order valence-electron chi connectivity index (χ3n) is 5.02. The molecule has 0 unspecified atom stereocenters. The van der Waals surface area contributed by atoms with Crippen molar-refractivity contribution < 1.29 is 9.90 Å². The molecule has 1 aromatic rings. The highest BCUT2D eigenvalue weighted by atomic mass is 16.3. The van der Waals surface area contributed by atoms with E-state index in [0.717, 1.165) is 31.2 Å². The van der Waals surface area contributed by atoms with Crippen LogP contribution in [-0.4, -0.2) is 11.0 Å². The van der Waals surface area contributed by atoms with Crippen LogP contribution < -0.4 is 5.32 Å². The van der Waals surface area contributed by atoms with Gasteiger partial charge in [-0.15, -0.1) is 0 Å². The van der Waals surface area contributed by atoms with Crippen LogP contribution in [0.1, 0.15) is 57.9 Å². The summed E-state index contributed by atoms with van der Waals surface area (Å²) < 4.78 is 0. The van der Waals surface area contributed by atoms with Crippen LogP contribution in [-0.2, 0) is 4.79 Å². The van der Waals surface area contributed by atoms with Crippen LogP contribution in [0.3, 0.4) is 0 Å². The number of carbonyl (C=O) groups is 1. The first kappa shape index (κ1) is 15.9. The maximum atomic E-state index is 12.9. The molecule has 0 aromatic heterocycles. The second kappa shape index (κ2) is 6.50. The zero-order valence-electron chi connectivity index (χ0n) is 13.4. The molecule has 3 nitrogen and oxygen atoms in total. The summed E-state index contributed by atoms with van der Waals surface area (Å²) in [5.41, 5.74) is 1.24. The van der Waals surface area contributed by atoms with E-state index in [1.165, 1.54) is 12.8 Å². The van der Waals surface area contributed by atoms with E-state index in [9.17, 15) is 9.90 Å². The number of amides is 1. The zero-order chi connectivity index (χ0) is 15.5. The summed E-state index contributed by atoms with van der Waals surface area (Å²) in [4.78, 5) is 12.9. The number of anilines is 1. The summed E-state index contributed by atoms with van der Waals surface area (Å²) in [6.45, 7) is 6.15. The van der Waals surface area contributed by atoms with Gasteiger partial charge >= 0.3 is 0 Å². The lowest BCUT2D eigenvalue weighted by atomic mass is 9.70. The molecule has 0 heterocycles. The Labute approximate surface area is 127 Å². The Balaban J connectivity index is 2.20. The quantitative estimate of drug-likeness (QED) is 0.797. The summed E-state index contributed by atoms with van der Waals surface area (Å²) in [5.74, 6) is 0.671. The van der Waals surface area contributed by atoms with Gasteiger partial charge in [-0.25, -0.2) is 0 Å². The molecular weight excluding hydrogens is 262 g/mol. The number of rotatable bonds is 3. The molecule has 21 heavy (non-hydrogen) atoms. The Kier molecular flexibility index (Phi) is 4.92. The van der Waals surface area contributed by atoms with E-state index in [1.54, 1.807) is 6.07 Å². The van der Waals surface area contributed by atoms with Gasteiger partial charge in [-0.2, -0.15) is 0 Å². The zero-order valence-corrected chi connectivity index (χ0v) is 13.4. The van der Waals surface area contributed by atoms with E-state index >= 15 is 0 Å². The lowest BCUT2D eigenvalue weighted by molar-refractivity contribution is -0.129. The van der Waals surface area contributed by atoms with Gasteiger partial charge in [0.1, 0.15) is 5.75 Å². The molecule has 0 radical (unpaired) electrons. The number of aromatic hydroxyl groups is 1. The maximum absolute atomic E-state index is 12.9. The second-order valence-electron chi connectivity index (χ2n) is 6.68. The summed E-state index contributed by atoms with van der Waals surface area (Å²) in [5, 5.41) is 12.8. The number of benzene rings is 1. The van der Waals surface area contributed by atoms with Gasteiger partial charge in [0.2, 0.25) is 5.91 Å². The summed E-state index contributed by atoms with van der Waals surface area (Å²) in [6.07, 6.45) is 6.65. The summed E-state index contributed by atoms with van der Waals surface area (Å²) in [7, 11) is 0. The molecular formula is C18H27NO2. The second-order valence-corrected chi connectivity index (χ2v) is 6.68. The Hall–Kier alpha value is -1.51. The maximum Gasteiger partial charge on any atom is 0.230 e. The van der Waals surface area contributed by atoms with Crippen molar-refractivity contribution in [2.75, 3.05) is 5.32 Å². The predicted molar refractivity (Wildman–Crippen MR) is 86.4 cm³/mol. The molecule has 2 N–H and O–H groups in total. The largest absolute Gasteiger partial charge is 0.508 e. The van der Waals surface area contributed by atoms with Gasteiger partial charge in [-0.1, -0.05) is 45.6 Å². The van der Waals surface area contributed by atoms with E-state index in [4.69, 9.17) is 0 Å². The van der Waals surface area contributed by atoms with Crippen molar-refractivity contribution in [2.24, 2.45) is 11.3 Å². The first-order valence-electron chi connectivity index (χ1n) is 8.07. The van der Waals surface area contributed by atoms with Crippen LogP contribution in [0.25, 0.3) is 0 Å². The van der Waals surface area contributed by atoms with E-state index in [0.29, 0.717) is 11.6 Å². The molecule has 0 spiro atoms. The summed E-state index contributed by atoms with van der Waals surface area (Å²) >= 11 is 0. The first-order valence-corrected chi connectivity index (χ1v) is 8.07. The first-order chi connectivity index (χ1) is 9.95. The van der Waals surface area contributed by atoms with Gasteiger partial charge in [0.15, 0.2) is 0 Å². The van der Waals surface area contributed by atoms with Gasteiger partial charge in [0, 0.05) is 11.8 Å². The topological polar surface area (TPSA) is 49.3 Å². The monoisotopic (exact) mass is 289 g/mol. The smallest absolute Gasteiger partial charge is 0.230 e. The van der Waals surface area contributed by atoms with E-state index < -0.39 is 0 Å². The van der Waals surface area contributed by atoms with Crippen LogP contribution in [0.4, 0.5) is 5.69 Å². The molecule has 1 aliphatic rings. The van der Waals surface area contributed by atoms with Crippen molar-refractivity contribution in [1.82, 2.24) is 0 Å². The van der Waals surface area contributed by atoms with Gasteiger partial charge in [-0.3, -0.25) is 4.79 Å². The number of phenolic OH excluding ortho intramolecular Hbond substituents is 1. The fraction of sp³-hybridized carbons (Fsp3) is 0.611. The fourth-order valence-corrected chi connectivity index (χ4v) is 3.37. The molecule has 3 heteroatoms. The SMILES string of the molecule is Cc1ccc(NC(=O)C2(C(C)C)CCCCCC2)cc1O. The minimum absolute atomic E-state index is 0.114. The molecule has 1 amide bonds. The van der Waals surface area contributed by atoms with E-state index in [2.05, 4.69) is 19.2 Å². The highest BCUT2D eigenvalue weighted by molar-refractivity contribution is 5.95. The highest BCUT2D eigenvalue weighted by Gasteiger charge is 2.41. The Morgan fingerprint density at radius 2 is 1.81 bits per heavy atom. The van der Waals surface area contributed by atoms with Gasteiger partial charge in [-0.05, 0) is 37.3 Å². The average molecular weight is 289 g/mol. The van der Waals surface area contributed by atoms with Crippen LogP contribution in [0.15, 0.2) is 18.2 Å². The molecule has 1 fully saturated rings. The third kappa shape index (κ3) is 3.39. The van der Waals surface area contributed by atoms with Crippen molar-refractivity contribution in [3.8, 4) is 5.75 Å². The number of phenols is 1.